The Hall–Kier alpha value is -2.31. The number of β-amino-alcohol motifs (C(OH)–C–C–N with tert-alkyl or cyclic N) is 1. The maximum atomic E-state index is 12.7. The first-order valence-corrected chi connectivity index (χ1v) is 8.44. The number of aliphatic hydroxyl groups excluding tert-OH is 1. The monoisotopic (exact) mass is 345 g/mol. The minimum absolute atomic E-state index is 0.232. The summed E-state index contributed by atoms with van der Waals surface area (Å²) in [7, 11) is 0. The fourth-order valence-electron chi connectivity index (χ4n) is 2.95. The van der Waals surface area contributed by atoms with Crippen LogP contribution >= 0.6 is 0 Å². The standard InChI is InChI=1S/C19H23NO5/c1-3-23-17-11-20(10-16(17)21)19(22)18-13(2)9-15(25-18)12-24-14-7-5-4-6-8-14/h4-9,16-17,21H,3,10-12H2,1-2H3/t16-,17-/m0/s1. The van der Waals surface area contributed by atoms with E-state index in [0.29, 0.717) is 18.9 Å². The van der Waals surface area contributed by atoms with E-state index in [1.807, 2.05) is 50.2 Å². The number of hydrogen-bond donors (Lipinski definition) is 1. The Kier molecular flexibility index (Phi) is 5.40. The van der Waals surface area contributed by atoms with Crippen LogP contribution in [0.3, 0.4) is 0 Å². The lowest BCUT2D eigenvalue weighted by atomic mass is 10.2. The summed E-state index contributed by atoms with van der Waals surface area (Å²) in [6.07, 6.45) is -1.01. The number of rotatable bonds is 6. The summed E-state index contributed by atoms with van der Waals surface area (Å²) >= 11 is 0. The molecule has 1 aromatic heterocycles. The van der Waals surface area contributed by atoms with Gasteiger partial charge in [-0.1, -0.05) is 18.2 Å². The van der Waals surface area contributed by atoms with Gasteiger partial charge in [-0.25, -0.2) is 0 Å². The molecule has 2 heterocycles. The Bertz CT molecular complexity index is 712. The zero-order chi connectivity index (χ0) is 17.8. The van der Waals surface area contributed by atoms with Crippen LogP contribution in [0.25, 0.3) is 0 Å². The Labute approximate surface area is 147 Å². The SMILES string of the molecule is CCO[C@H]1CN(C(=O)c2oc(COc3ccccc3)cc2C)C[C@@H]1O. The molecule has 1 amide bonds. The normalized spacial score (nSPS) is 20.0. The molecular formula is C19H23NO5. The van der Waals surface area contributed by atoms with E-state index < -0.39 is 6.10 Å². The van der Waals surface area contributed by atoms with Gasteiger partial charge < -0.3 is 23.9 Å². The number of benzene rings is 1. The molecule has 1 aromatic carbocycles. The number of aliphatic hydroxyl groups is 1. The highest BCUT2D eigenvalue weighted by Gasteiger charge is 2.36. The number of likely N-dealkylation sites (tertiary alicyclic amines) is 1. The number of amides is 1. The van der Waals surface area contributed by atoms with Crippen LogP contribution < -0.4 is 4.74 Å². The zero-order valence-electron chi connectivity index (χ0n) is 14.5. The van der Waals surface area contributed by atoms with Crippen LogP contribution in [0.15, 0.2) is 40.8 Å². The van der Waals surface area contributed by atoms with Crippen molar-refractivity contribution in [1.29, 1.82) is 0 Å². The molecule has 2 aromatic rings. The van der Waals surface area contributed by atoms with Gasteiger partial charge in [0.2, 0.25) is 0 Å². The summed E-state index contributed by atoms with van der Waals surface area (Å²) in [5, 5.41) is 10.0. The second-order valence-electron chi connectivity index (χ2n) is 6.10. The average molecular weight is 345 g/mol. The molecule has 1 aliphatic heterocycles. The predicted octanol–water partition coefficient (Wildman–Crippen LogP) is 2.39. The number of nitrogens with zero attached hydrogens (tertiary/aromatic N) is 1. The molecule has 0 saturated carbocycles. The van der Waals surface area contributed by atoms with Crippen LogP contribution in [-0.4, -0.2) is 47.8 Å². The van der Waals surface area contributed by atoms with Gasteiger partial charge in [0.1, 0.15) is 24.2 Å². The van der Waals surface area contributed by atoms with E-state index in [2.05, 4.69) is 0 Å². The van der Waals surface area contributed by atoms with Crippen LogP contribution in [0.5, 0.6) is 5.75 Å². The molecule has 2 atom stereocenters. The van der Waals surface area contributed by atoms with Gasteiger partial charge in [-0.3, -0.25) is 4.79 Å². The van der Waals surface area contributed by atoms with Gasteiger partial charge in [0.15, 0.2) is 5.76 Å². The van der Waals surface area contributed by atoms with Gasteiger partial charge in [-0.15, -0.1) is 0 Å². The van der Waals surface area contributed by atoms with Crippen molar-refractivity contribution in [3.8, 4) is 5.75 Å². The van der Waals surface area contributed by atoms with Crippen LogP contribution in [0.1, 0.15) is 28.8 Å². The molecule has 1 saturated heterocycles. The van der Waals surface area contributed by atoms with Crippen molar-refractivity contribution >= 4 is 5.91 Å². The summed E-state index contributed by atoms with van der Waals surface area (Å²) < 4.78 is 16.8. The number of furan rings is 1. The molecule has 6 heteroatoms. The predicted molar refractivity (Wildman–Crippen MR) is 91.5 cm³/mol. The van der Waals surface area contributed by atoms with Gasteiger partial charge >= 0.3 is 0 Å². The number of hydrogen-bond acceptors (Lipinski definition) is 5. The number of carbonyl (C=O) groups is 1. The summed E-state index contributed by atoms with van der Waals surface area (Å²) in [4.78, 5) is 14.2. The Morgan fingerprint density at radius 1 is 1.32 bits per heavy atom. The smallest absolute Gasteiger partial charge is 0.290 e. The van der Waals surface area contributed by atoms with Gasteiger partial charge in [-0.2, -0.15) is 0 Å². The lowest BCUT2D eigenvalue weighted by Crippen LogP contribution is -2.30. The van der Waals surface area contributed by atoms with E-state index in [-0.39, 0.29) is 30.9 Å². The minimum atomic E-state index is -0.667. The van der Waals surface area contributed by atoms with E-state index >= 15 is 0 Å². The van der Waals surface area contributed by atoms with Crippen LogP contribution in [0, 0.1) is 6.92 Å². The molecular weight excluding hydrogens is 322 g/mol. The third kappa shape index (κ3) is 4.03. The highest BCUT2D eigenvalue weighted by molar-refractivity contribution is 5.93. The fourth-order valence-corrected chi connectivity index (χ4v) is 2.95. The molecule has 0 unspecified atom stereocenters. The molecule has 25 heavy (non-hydrogen) atoms. The molecule has 3 rings (SSSR count). The zero-order valence-corrected chi connectivity index (χ0v) is 14.5. The van der Waals surface area contributed by atoms with Crippen molar-refractivity contribution in [2.24, 2.45) is 0 Å². The molecule has 0 radical (unpaired) electrons. The first-order valence-electron chi connectivity index (χ1n) is 8.44. The molecule has 0 bridgehead atoms. The van der Waals surface area contributed by atoms with Crippen LogP contribution in [0.2, 0.25) is 0 Å². The van der Waals surface area contributed by atoms with Crippen LogP contribution in [0.4, 0.5) is 0 Å². The minimum Gasteiger partial charge on any atom is -0.486 e. The van der Waals surface area contributed by atoms with E-state index in [1.54, 1.807) is 4.90 Å². The van der Waals surface area contributed by atoms with Gasteiger partial charge in [0, 0.05) is 18.7 Å². The van der Waals surface area contributed by atoms with Gasteiger partial charge in [-0.05, 0) is 32.0 Å². The first-order chi connectivity index (χ1) is 12.1. The summed E-state index contributed by atoms with van der Waals surface area (Å²) in [5.74, 6) is 1.39. The number of para-hydroxylation sites is 1. The molecule has 1 N–H and O–H groups in total. The lowest BCUT2D eigenvalue weighted by molar-refractivity contribution is -0.00239. The topological polar surface area (TPSA) is 72.1 Å². The maximum absolute atomic E-state index is 12.7. The molecule has 1 fully saturated rings. The molecule has 1 aliphatic rings. The number of aryl methyl sites for hydroxylation is 1. The van der Waals surface area contributed by atoms with E-state index in [9.17, 15) is 9.90 Å². The maximum Gasteiger partial charge on any atom is 0.290 e. The second-order valence-corrected chi connectivity index (χ2v) is 6.10. The van der Waals surface area contributed by atoms with Crippen molar-refractivity contribution in [2.45, 2.75) is 32.7 Å². The quantitative estimate of drug-likeness (QED) is 0.870. The molecule has 6 nitrogen and oxygen atoms in total. The van der Waals surface area contributed by atoms with Crippen molar-refractivity contribution in [3.05, 3.63) is 53.5 Å². The lowest BCUT2D eigenvalue weighted by Gasteiger charge is -2.15. The van der Waals surface area contributed by atoms with Gasteiger partial charge in [0.05, 0.1) is 12.6 Å². The van der Waals surface area contributed by atoms with Crippen molar-refractivity contribution in [2.75, 3.05) is 19.7 Å². The van der Waals surface area contributed by atoms with Crippen LogP contribution in [-0.2, 0) is 11.3 Å². The van der Waals surface area contributed by atoms with Crippen molar-refractivity contribution in [1.82, 2.24) is 4.90 Å². The molecule has 0 spiro atoms. The highest BCUT2D eigenvalue weighted by atomic mass is 16.5. The Morgan fingerprint density at radius 3 is 2.80 bits per heavy atom. The Balaban J connectivity index is 1.65. The third-order valence-electron chi connectivity index (χ3n) is 4.19. The summed E-state index contributed by atoms with van der Waals surface area (Å²) in [5.41, 5.74) is 0.756. The number of ether oxygens (including phenoxy) is 2. The average Bonchev–Trinajstić information content (AvgIpc) is 3.17. The second kappa shape index (κ2) is 7.72. The molecule has 0 aliphatic carbocycles. The number of carbonyl (C=O) groups excluding carboxylic acids is 1. The summed E-state index contributed by atoms with van der Waals surface area (Å²) in [6, 6.07) is 11.2. The third-order valence-corrected chi connectivity index (χ3v) is 4.19. The van der Waals surface area contributed by atoms with E-state index in [1.165, 1.54) is 0 Å². The first kappa shape index (κ1) is 17.5. The Morgan fingerprint density at radius 2 is 2.08 bits per heavy atom. The fraction of sp³-hybridized carbons (Fsp3) is 0.421. The van der Waals surface area contributed by atoms with E-state index in [0.717, 1.165) is 11.3 Å². The largest absolute Gasteiger partial charge is 0.486 e. The van der Waals surface area contributed by atoms with Crippen molar-refractivity contribution in [3.63, 3.8) is 0 Å². The van der Waals surface area contributed by atoms with Gasteiger partial charge in [0.25, 0.3) is 5.91 Å². The van der Waals surface area contributed by atoms with Crippen molar-refractivity contribution < 1.29 is 23.8 Å². The molecule has 134 valence electrons. The highest BCUT2D eigenvalue weighted by Crippen LogP contribution is 2.22. The summed E-state index contributed by atoms with van der Waals surface area (Å²) in [6.45, 7) is 5.07. The van der Waals surface area contributed by atoms with E-state index in [4.69, 9.17) is 13.9 Å².